The maximum Gasteiger partial charge on any atom is 0.159 e. The van der Waals surface area contributed by atoms with Gasteiger partial charge in [0.1, 0.15) is 0 Å². The van der Waals surface area contributed by atoms with Gasteiger partial charge in [-0.15, -0.1) is 11.3 Å². The molecule has 12 heavy (non-hydrogen) atoms. The highest BCUT2D eigenvalue weighted by atomic mass is 32.2. The first-order chi connectivity index (χ1) is 5.61. The summed E-state index contributed by atoms with van der Waals surface area (Å²) in [6.07, 6.45) is 0. The van der Waals surface area contributed by atoms with Crippen molar-refractivity contribution in [3.8, 4) is 0 Å². The van der Waals surface area contributed by atoms with Gasteiger partial charge in [0, 0.05) is 4.88 Å². The molecule has 0 aromatic carbocycles. The van der Waals surface area contributed by atoms with Gasteiger partial charge in [0.25, 0.3) is 0 Å². The van der Waals surface area contributed by atoms with E-state index in [0.29, 0.717) is 5.92 Å². The van der Waals surface area contributed by atoms with Crippen molar-refractivity contribution in [2.24, 2.45) is 0 Å². The number of thiazole rings is 1. The first-order valence-corrected chi connectivity index (χ1v) is 5.76. The van der Waals surface area contributed by atoms with Crippen molar-refractivity contribution in [1.82, 2.24) is 4.98 Å². The fourth-order valence-corrected chi connectivity index (χ4v) is 2.35. The van der Waals surface area contributed by atoms with Crippen molar-refractivity contribution in [2.75, 3.05) is 0 Å². The second-order valence-corrected chi connectivity index (χ2v) is 4.60. The Labute approximate surface area is 78.1 Å². The van der Waals surface area contributed by atoms with E-state index in [1.165, 1.54) is 0 Å². The Kier molecular flexibility index (Phi) is 3.37. The maximum absolute atomic E-state index is 10.5. The molecule has 1 unspecified atom stereocenters. The molecule has 5 heteroatoms. The lowest BCUT2D eigenvalue weighted by Crippen LogP contribution is -1.97. The lowest BCUT2D eigenvalue weighted by atomic mass is 10.1. The predicted octanol–water partition coefficient (Wildman–Crippen LogP) is 1.99. The smallest absolute Gasteiger partial charge is 0.159 e. The van der Waals surface area contributed by atoms with Crippen molar-refractivity contribution in [3.05, 3.63) is 16.1 Å². The summed E-state index contributed by atoms with van der Waals surface area (Å²) in [6.45, 7) is 4.11. The molecule has 0 aliphatic heterocycles. The molecule has 0 fully saturated rings. The van der Waals surface area contributed by atoms with Crippen molar-refractivity contribution < 1.29 is 8.76 Å². The van der Waals surface area contributed by atoms with Gasteiger partial charge in [0.05, 0.1) is 17.0 Å². The van der Waals surface area contributed by atoms with E-state index in [1.807, 2.05) is 0 Å². The van der Waals surface area contributed by atoms with Crippen molar-refractivity contribution in [1.29, 1.82) is 0 Å². The standard InChI is InChI=1S/C7H11NO2S2/c1-5(2)7-6(3-12(9)10)8-4-11-7/h4-5H,3H2,1-2H3,(H,9,10). The number of rotatable bonds is 3. The first-order valence-electron chi connectivity index (χ1n) is 3.61. The number of hydrogen-bond acceptors (Lipinski definition) is 3. The SMILES string of the molecule is CC(C)c1scnc1CS(=O)O. The fourth-order valence-electron chi connectivity index (χ4n) is 0.973. The summed E-state index contributed by atoms with van der Waals surface area (Å²) in [5, 5.41) is 0. The molecule has 0 radical (unpaired) electrons. The van der Waals surface area contributed by atoms with Crippen molar-refractivity contribution in [2.45, 2.75) is 25.5 Å². The largest absolute Gasteiger partial charge is 0.306 e. The zero-order chi connectivity index (χ0) is 9.14. The van der Waals surface area contributed by atoms with E-state index >= 15 is 0 Å². The lowest BCUT2D eigenvalue weighted by Gasteiger charge is -2.02. The van der Waals surface area contributed by atoms with Crippen LogP contribution in [-0.4, -0.2) is 13.7 Å². The van der Waals surface area contributed by atoms with E-state index in [2.05, 4.69) is 18.8 Å². The number of nitrogens with zero attached hydrogens (tertiary/aromatic N) is 1. The fraction of sp³-hybridized carbons (Fsp3) is 0.571. The minimum atomic E-state index is -1.78. The monoisotopic (exact) mass is 205 g/mol. The average Bonchev–Trinajstić information content (AvgIpc) is 2.33. The molecule has 0 aliphatic carbocycles. The lowest BCUT2D eigenvalue weighted by molar-refractivity contribution is 0.562. The van der Waals surface area contributed by atoms with Gasteiger partial charge < -0.3 is 4.55 Å². The average molecular weight is 205 g/mol. The maximum atomic E-state index is 10.5. The van der Waals surface area contributed by atoms with Gasteiger partial charge in [0.15, 0.2) is 11.1 Å². The van der Waals surface area contributed by atoms with Crippen molar-refractivity contribution in [3.63, 3.8) is 0 Å². The number of aromatic nitrogens is 1. The minimum absolute atomic E-state index is 0.150. The van der Waals surface area contributed by atoms with E-state index < -0.39 is 11.1 Å². The van der Waals surface area contributed by atoms with Crippen LogP contribution in [0.5, 0.6) is 0 Å². The second kappa shape index (κ2) is 4.11. The summed E-state index contributed by atoms with van der Waals surface area (Å²) in [4.78, 5) is 5.15. The highest BCUT2D eigenvalue weighted by molar-refractivity contribution is 7.78. The predicted molar refractivity (Wildman–Crippen MR) is 50.7 cm³/mol. The molecule has 1 heterocycles. The highest BCUT2D eigenvalue weighted by Gasteiger charge is 2.11. The molecule has 3 nitrogen and oxygen atoms in total. The zero-order valence-corrected chi connectivity index (χ0v) is 8.61. The zero-order valence-electron chi connectivity index (χ0n) is 6.98. The van der Waals surface area contributed by atoms with Crippen LogP contribution >= 0.6 is 11.3 Å². The molecule has 1 aromatic heterocycles. The van der Waals surface area contributed by atoms with Crippen LogP contribution in [0.2, 0.25) is 0 Å². The molecule has 1 N–H and O–H groups in total. The molecule has 1 rings (SSSR count). The normalized spacial score (nSPS) is 13.7. The Morgan fingerprint density at radius 3 is 2.92 bits per heavy atom. The molecule has 68 valence electrons. The molecule has 0 saturated carbocycles. The molecule has 0 bridgehead atoms. The molecule has 0 amide bonds. The van der Waals surface area contributed by atoms with Crippen LogP contribution in [-0.2, 0) is 16.8 Å². The van der Waals surface area contributed by atoms with Crippen LogP contribution in [0, 0.1) is 0 Å². The highest BCUT2D eigenvalue weighted by Crippen LogP contribution is 2.23. The first kappa shape index (κ1) is 9.83. The van der Waals surface area contributed by atoms with Crippen LogP contribution in [0.1, 0.15) is 30.3 Å². The summed E-state index contributed by atoms with van der Waals surface area (Å²) in [7, 11) is 0. The Morgan fingerprint density at radius 2 is 2.42 bits per heavy atom. The molecule has 1 aromatic rings. The van der Waals surface area contributed by atoms with Gasteiger partial charge in [-0.25, -0.2) is 9.19 Å². The van der Waals surface area contributed by atoms with Gasteiger partial charge in [-0.1, -0.05) is 13.8 Å². The Bertz CT molecular complexity index is 283. The van der Waals surface area contributed by atoms with E-state index in [4.69, 9.17) is 4.55 Å². The van der Waals surface area contributed by atoms with Gasteiger partial charge in [-0.3, -0.25) is 0 Å². The quantitative estimate of drug-likeness (QED) is 0.768. The molecular formula is C7H11NO2S2. The van der Waals surface area contributed by atoms with E-state index in [9.17, 15) is 4.21 Å². The summed E-state index contributed by atoms with van der Waals surface area (Å²) in [6, 6.07) is 0. The Morgan fingerprint density at radius 1 is 1.75 bits per heavy atom. The third-order valence-electron chi connectivity index (χ3n) is 1.46. The summed E-state index contributed by atoms with van der Waals surface area (Å²) >= 11 is -0.235. The van der Waals surface area contributed by atoms with E-state index in [1.54, 1.807) is 16.8 Å². The minimum Gasteiger partial charge on any atom is -0.306 e. The Balaban J connectivity index is 2.84. The van der Waals surface area contributed by atoms with Crippen LogP contribution in [0.25, 0.3) is 0 Å². The topological polar surface area (TPSA) is 50.2 Å². The van der Waals surface area contributed by atoms with Gasteiger partial charge >= 0.3 is 0 Å². The molecule has 0 spiro atoms. The van der Waals surface area contributed by atoms with E-state index in [0.717, 1.165) is 10.6 Å². The van der Waals surface area contributed by atoms with Crippen LogP contribution in [0.15, 0.2) is 5.51 Å². The van der Waals surface area contributed by atoms with Gasteiger partial charge in [0.2, 0.25) is 0 Å². The third-order valence-corrected chi connectivity index (χ3v) is 3.15. The molecular weight excluding hydrogens is 194 g/mol. The van der Waals surface area contributed by atoms with Crippen LogP contribution < -0.4 is 0 Å². The molecule has 0 aliphatic rings. The number of hydrogen-bond donors (Lipinski definition) is 1. The molecule has 0 saturated heterocycles. The third kappa shape index (κ3) is 2.36. The summed E-state index contributed by atoms with van der Waals surface area (Å²) in [5.41, 5.74) is 2.48. The molecule has 1 atom stereocenters. The van der Waals surface area contributed by atoms with Gasteiger partial charge in [-0.2, -0.15) is 0 Å². The van der Waals surface area contributed by atoms with Crippen LogP contribution in [0.4, 0.5) is 0 Å². The summed E-state index contributed by atoms with van der Waals surface area (Å²) < 4.78 is 19.2. The van der Waals surface area contributed by atoms with Crippen LogP contribution in [0.3, 0.4) is 0 Å². The Hall–Kier alpha value is -0.260. The van der Waals surface area contributed by atoms with Gasteiger partial charge in [-0.05, 0) is 5.92 Å². The van der Waals surface area contributed by atoms with Crippen molar-refractivity contribution >= 4 is 22.4 Å². The van der Waals surface area contributed by atoms with E-state index in [-0.39, 0.29) is 5.75 Å². The second-order valence-electron chi connectivity index (χ2n) is 2.78. The summed E-state index contributed by atoms with van der Waals surface area (Å²) in [5.74, 6) is 0.535.